The van der Waals surface area contributed by atoms with E-state index in [9.17, 15) is 0 Å². The van der Waals surface area contributed by atoms with Crippen LogP contribution in [0.2, 0.25) is 0 Å². The summed E-state index contributed by atoms with van der Waals surface area (Å²) in [5, 5.41) is 6.57. The molecule has 0 fully saturated rings. The summed E-state index contributed by atoms with van der Waals surface area (Å²) in [6.07, 6.45) is 3.70. The number of nitrogens with zero attached hydrogens (tertiary/aromatic N) is 2. The van der Waals surface area contributed by atoms with Gasteiger partial charge in [0, 0.05) is 17.8 Å². The van der Waals surface area contributed by atoms with Gasteiger partial charge in [-0.05, 0) is 11.5 Å². The second kappa shape index (κ2) is 3.54. The van der Waals surface area contributed by atoms with E-state index in [-0.39, 0.29) is 0 Å². The van der Waals surface area contributed by atoms with E-state index in [2.05, 4.69) is 22.4 Å². The average Bonchev–Trinajstić information content (AvgIpc) is 2.19. The summed E-state index contributed by atoms with van der Waals surface area (Å²) in [4.78, 5) is 4.08. The zero-order valence-electron chi connectivity index (χ0n) is 7.57. The summed E-state index contributed by atoms with van der Waals surface area (Å²) in [6, 6.07) is 8.26. The number of benzene rings is 1. The molecule has 0 saturated heterocycles. The molecule has 0 aliphatic heterocycles. The lowest BCUT2D eigenvalue weighted by Crippen LogP contribution is -1.85. The summed E-state index contributed by atoms with van der Waals surface area (Å²) in [5.41, 5.74) is 1.27. The van der Waals surface area contributed by atoms with Gasteiger partial charge in [-0.15, -0.1) is 6.54 Å². The first-order valence-corrected chi connectivity index (χ1v) is 4.29. The van der Waals surface area contributed by atoms with Gasteiger partial charge in [0.1, 0.15) is 0 Å². The molecule has 2 heteroatoms. The van der Waals surface area contributed by atoms with E-state index in [1.807, 2.05) is 31.6 Å². The van der Waals surface area contributed by atoms with Gasteiger partial charge in [-0.2, -0.15) is 7.05 Å². The van der Waals surface area contributed by atoms with Crippen LogP contribution in [0.4, 0.5) is 0 Å². The second-order valence-corrected chi connectivity index (χ2v) is 2.99. The molecule has 66 valence electrons. The van der Waals surface area contributed by atoms with Gasteiger partial charge in [0.25, 0.3) is 0 Å². The third-order valence-corrected chi connectivity index (χ3v) is 2.10. The Bertz CT molecular complexity index is 404. The van der Waals surface area contributed by atoms with Crippen LogP contribution in [-0.2, 0) is 6.54 Å². The van der Waals surface area contributed by atoms with Crippen molar-refractivity contribution in [3.05, 3.63) is 47.5 Å². The maximum absolute atomic E-state index is 4.14. The van der Waals surface area contributed by atoms with Gasteiger partial charge in [-0.1, -0.05) is 23.8 Å². The smallest absolute Gasteiger partial charge is 0.0346 e. The third-order valence-electron chi connectivity index (χ3n) is 2.10. The van der Waals surface area contributed by atoms with E-state index in [1.165, 1.54) is 16.3 Å². The predicted molar refractivity (Wildman–Crippen MR) is 54.7 cm³/mol. The Morgan fingerprint density at radius 1 is 1.31 bits per heavy atom. The Morgan fingerprint density at radius 2 is 2.23 bits per heavy atom. The van der Waals surface area contributed by atoms with E-state index in [0.29, 0.717) is 0 Å². The van der Waals surface area contributed by atoms with Crippen LogP contribution >= 0.6 is 0 Å². The van der Waals surface area contributed by atoms with Crippen LogP contribution < -0.4 is 0 Å². The fourth-order valence-electron chi connectivity index (χ4n) is 1.50. The SMILES string of the molecule is C[N-]Cc1cccc2cnccc12. The molecule has 0 aliphatic carbocycles. The molecule has 1 aromatic heterocycles. The lowest BCUT2D eigenvalue weighted by atomic mass is 10.1. The highest BCUT2D eigenvalue weighted by molar-refractivity contribution is 5.84. The van der Waals surface area contributed by atoms with Crippen molar-refractivity contribution in [3.8, 4) is 0 Å². The highest BCUT2D eigenvalue weighted by atomic mass is 14.8. The van der Waals surface area contributed by atoms with Crippen molar-refractivity contribution < 1.29 is 0 Å². The summed E-state index contributed by atoms with van der Waals surface area (Å²) in [7, 11) is 1.83. The Kier molecular flexibility index (Phi) is 2.23. The third kappa shape index (κ3) is 1.53. The lowest BCUT2D eigenvalue weighted by molar-refractivity contribution is 1.21. The molecule has 0 saturated carbocycles. The van der Waals surface area contributed by atoms with Crippen molar-refractivity contribution in [1.82, 2.24) is 4.98 Å². The maximum atomic E-state index is 4.14. The van der Waals surface area contributed by atoms with Crippen LogP contribution in [0, 0.1) is 0 Å². The molecular weight excluding hydrogens is 160 g/mol. The minimum absolute atomic E-state index is 0.779. The minimum atomic E-state index is 0.779. The van der Waals surface area contributed by atoms with Gasteiger partial charge >= 0.3 is 0 Å². The maximum Gasteiger partial charge on any atom is 0.0346 e. The molecular formula is C11H11N2-. The molecule has 0 aliphatic rings. The van der Waals surface area contributed by atoms with Crippen LogP contribution in [0.25, 0.3) is 16.1 Å². The zero-order chi connectivity index (χ0) is 9.10. The monoisotopic (exact) mass is 171 g/mol. The highest BCUT2D eigenvalue weighted by Crippen LogP contribution is 2.18. The van der Waals surface area contributed by atoms with Crippen molar-refractivity contribution in [2.45, 2.75) is 6.54 Å². The van der Waals surface area contributed by atoms with Gasteiger partial charge in [-0.3, -0.25) is 4.98 Å². The zero-order valence-corrected chi connectivity index (χ0v) is 7.57. The van der Waals surface area contributed by atoms with Crippen molar-refractivity contribution in [3.63, 3.8) is 0 Å². The first-order valence-electron chi connectivity index (χ1n) is 4.29. The molecule has 0 amide bonds. The van der Waals surface area contributed by atoms with Gasteiger partial charge < -0.3 is 5.32 Å². The molecule has 1 aromatic carbocycles. The van der Waals surface area contributed by atoms with Crippen molar-refractivity contribution in [2.24, 2.45) is 0 Å². The average molecular weight is 171 g/mol. The lowest BCUT2D eigenvalue weighted by Gasteiger charge is -2.13. The Hall–Kier alpha value is -1.41. The van der Waals surface area contributed by atoms with Crippen LogP contribution in [0.3, 0.4) is 0 Å². The Labute approximate surface area is 77.6 Å². The first-order chi connectivity index (χ1) is 6.42. The summed E-state index contributed by atoms with van der Waals surface area (Å²) >= 11 is 0. The summed E-state index contributed by atoms with van der Waals surface area (Å²) < 4.78 is 0. The Morgan fingerprint density at radius 3 is 3.08 bits per heavy atom. The Balaban J connectivity index is 2.61. The molecule has 0 unspecified atom stereocenters. The standard InChI is InChI=1S/C11H11N2/c1-12-7-9-3-2-4-10-8-13-6-5-11(9)10/h2-6,8H,7H2,1H3/q-1. The van der Waals surface area contributed by atoms with Gasteiger partial charge in [0.05, 0.1) is 0 Å². The fourth-order valence-corrected chi connectivity index (χ4v) is 1.50. The summed E-state index contributed by atoms with van der Waals surface area (Å²) in [5.74, 6) is 0. The number of fused-ring (bicyclic) bond motifs is 1. The number of hydrogen-bond acceptors (Lipinski definition) is 1. The topological polar surface area (TPSA) is 27.0 Å². The van der Waals surface area contributed by atoms with Crippen molar-refractivity contribution >= 4 is 10.8 Å². The van der Waals surface area contributed by atoms with Crippen molar-refractivity contribution in [2.75, 3.05) is 7.05 Å². The molecule has 13 heavy (non-hydrogen) atoms. The van der Waals surface area contributed by atoms with Gasteiger partial charge in [0.15, 0.2) is 0 Å². The van der Waals surface area contributed by atoms with Crippen molar-refractivity contribution in [1.29, 1.82) is 0 Å². The number of rotatable bonds is 2. The molecule has 0 radical (unpaired) electrons. The van der Waals surface area contributed by atoms with E-state index >= 15 is 0 Å². The van der Waals surface area contributed by atoms with Gasteiger partial charge in [-0.25, -0.2) is 0 Å². The van der Waals surface area contributed by atoms with Gasteiger partial charge in [0.2, 0.25) is 0 Å². The quantitative estimate of drug-likeness (QED) is 0.682. The molecule has 0 atom stereocenters. The van der Waals surface area contributed by atoms with E-state index in [1.54, 1.807) is 0 Å². The largest absolute Gasteiger partial charge is 0.661 e. The molecule has 0 spiro atoms. The fraction of sp³-hybridized carbons (Fsp3) is 0.182. The molecule has 0 N–H and O–H groups in total. The normalized spacial score (nSPS) is 10.5. The van der Waals surface area contributed by atoms with E-state index < -0.39 is 0 Å². The highest BCUT2D eigenvalue weighted by Gasteiger charge is 1.94. The van der Waals surface area contributed by atoms with E-state index in [0.717, 1.165) is 6.54 Å². The van der Waals surface area contributed by atoms with Crippen LogP contribution in [0.1, 0.15) is 5.56 Å². The van der Waals surface area contributed by atoms with Crippen LogP contribution in [-0.4, -0.2) is 12.0 Å². The molecule has 2 nitrogen and oxygen atoms in total. The molecule has 1 heterocycles. The molecule has 2 aromatic rings. The number of pyridine rings is 1. The minimum Gasteiger partial charge on any atom is -0.661 e. The number of aromatic nitrogens is 1. The number of hydrogen-bond donors (Lipinski definition) is 0. The predicted octanol–water partition coefficient (Wildman–Crippen LogP) is 2.74. The van der Waals surface area contributed by atoms with Crippen LogP contribution in [0.15, 0.2) is 36.7 Å². The summed E-state index contributed by atoms with van der Waals surface area (Å²) in [6.45, 7) is 0.779. The second-order valence-electron chi connectivity index (χ2n) is 2.99. The first kappa shape index (κ1) is 8.20. The van der Waals surface area contributed by atoms with E-state index in [4.69, 9.17) is 0 Å². The molecule has 0 bridgehead atoms. The van der Waals surface area contributed by atoms with Crippen LogP contribution in [0.5, 0.6) is 0 Å². The molecule has 2 rings (SSSR count).